The second kappa shape index (κ2) is 11.0. The Morgan fingerprint density at radius 2 is 1.91 bits per heavy atom. The van der Waals surface area contributed by atoms with Gasteiger partial charge in [-0.05, 0) is 43.6 Å². The van der Waals surface area contributed by atoms with Crippen molar-refractivity contribution >= 4 is 23.5 Å². The molecule has 184 valence electrons. The van der Waals surface area contributed by atoms with Crippen molar-refractivity contribution in [3.63, 3.8) is 0 Å². The van der Waals surface area contributed by atoms with Gasteiger partial charge in [-0.15, -0.1) is 0 Å². The molecule has 3 rings (SSSR count). The lowest BCUT2D eigenvalue weighted by atomic mass is 10.0. The van der Waals surface area contributed by atoms with Crippen LogP contribution in [0.3, 0.4) is 0 Å². The molecule has 7 nitrogen and oxygen atoms in total. The number of primary amides is 1. The number of amides is 1. The Morgan fingerprint density at radius 1 is 1.20 bits per heavy atom. The van der Waals surface area contributed by atoms with E-state index in [1.807, 2.05) is 18.9 Å². The molecule has 35 heavy (non-hydrogen) atoms. The van der Waals surface area contributed by atoms with Crippen LogP contribution in [0.2, 0.25) is 0 Å². The summed E-state index contributed by atoms with van der Waals surface area (Å²) in [7, 11) is 2.01. The fourth-order valence-electron chi connectivity index (χ4n) is 4.04. The molecule has 2 N–H and O–H groups in total. The van der Waals surface area contributed by atoms with Gasteiger partial charge in [0.15, 0.2) is 0 Å². The van der Waals surface area contributed by atoms with Gasteiger partial charge in [0.25, 0.3) is 0 Å². The van der Waals surface area contributed by atoms with Crippen LogP contribution in [0.25, 0.3) is 0 Å². The first kappa shape index (κ1) is 26.3. The second-order valence-corrected chi connectivity index (χ2v) is 9.31. The molecular weight excluding hydrogens is 477 g/mol. The summed E-state index contributed by atoms with van der Waals surface area (Å²) >= 11 is 0.831. The van der Waals surface area contributed by atoms with Crippen molar-refractivity contribution < 1.29 is 18.0 Å². The van der Waals surface area contributed by atoms with E-state index >= 15 is 0 Å². The molecule has 1 unspecified atom stereocenters. The molecule has 0 aliphatic carbocycles. The molecule has 1 amide bonds. The van der Waals surface area contributed by atoms with Gasteiger partial charge >= 0.3 is 6.18 Å². The number of pyridine rings is 1. The highest BCUT2D eigenvalue weighted by molar-refractivity contribution is 8.00. The third-order valence-electron chi connectivity index (χ3n) is 5.85. The van der Waals surface area contributed by atoms with Crippen LogP contribution in [0.15, 0.2) is 29.3 Å². The van der Waals surface area contributed by atoms with Crippen LogP contribution in [0, 0.1) is 22.7 Å². The highest BCUT2D eigenvalue weighted by Gasteiger charge is 2.33. The number of benzene rings is 1. The smallest absolute Gasteiger partial charge is 0.368 e. The molecule has 1 atom stereocenters. The maximum atomic E-state index is 13.3. The first-order valence-corrected chi connectivity index (χ1v) is 11.9. The zero-order chi connectivity index (χ0) is 25.8. The van der Waals surface area contributed by atoms with Gasteiger partial charge < -0.3 is 15.5 Å². The van der Waals surface area contributed by atoms with Crippen LogP contribution in [0.1, 0.15) is 46.4 Å². The summed E-state index contributed by atoms with van der Waals surface area (Å²) in [5.74, 6) is -0.450. The largest absolute Gasteiger partial charge is 0.416 e. The average Bonchev–Trinajstić information content (AvgIpc) is 3.04. The van der Waals surface area contributed by atoms with Crippen LogP contribution in [0.5, 0.6) is 0 Å². The lowest BCUT2D eigenvalue weighted by molar-refractivity contribution is -0.137. The molecule has 0 spiro atoms. The summed E-state index contributed by atoms with van der Waals surface area (Å²) in [4.78, 5) is 21.1. The van der Waals surface area contributed by atoms with Gasteiger partial charge in [-0.3, -0.25) is 4.79 Å². The number of likely N-dealkylation sites (N-methyl/N-ethyl adjacent to an activating group) is 1. The Labute approximate surface area is 206 Å². The molecule has 2 heterocycles. The molecule has 0 bridgehead atoms. The van der Waals surface area contributed by atoms with Gasteiger partial charge in [-0.2, -0.15) is 23.7 Å². The number of aromatic nitrogens is 1. The summed E-state index contributed by atoms with van der Waals surface area (Å²) < 4.78 is 39.8. The van der Waals surface area contributed by atoms with Gasteiger partial charge in [0.05, 0.1) is 16.7 Å². The topological polar surface area (TPSA) is 110 Å². The SMILES string of the molecule is CCc1c(C#N)c(SC(C(N)=O)c2cccc(C(F)(F)F)c2)nc(N2CCCN(C)CC2)c1C#N. The van der Waals surface area contributed by atoms with Crippen LogP contribution in [-0.4, -0.2) is 49.0 Å². The van der Waals surface area contributed by atoms with Crippen molar-refractivity contribution in [2.75, 3.05) is 38.1 Å². The van der Waals surface area contributed by atoms with E-state index in [9.17, 15) is 28.5 Å². The van der Waals surface area contributed by atoms with Crippen LogP contribution in [0.4, 0.5) is 19.0 Å². The van der Waals surface area contributed by atoms with Crippen molar-refractivity contribution in [3.05, 3.63) is 52.1 Å². The highest BCUT2D eigenvalue weighted by Crippen LogP contribution is 2.41. The normalized spacial score (nSPS) is 15.7. The molecule has 2 aromatic rings. The van der Waals surface area contributed by atoms with Crippen LogP contribution < -0.4 is 10.6 Å². The Hall–Kier alpha value is -3.28. The molecule has 1 saturated heterocycles. The number of nitrogens with zero attached hydrogens (tertiary/aromatic N) is 5. The summed E-state index contributed by atoms with van der Waals surface area (Å²) in [5.41, 5.74) is 5.66. The Bertz CT molecular complexity index is 1190. The molecule has 1 aliphatic heterocycles. The summed E-state index contributed by atoms with van der Waals surface area (Å²) in [6, 6.07) is 8.65. The number of carbonyl (C=O) groups is 1. The standard InChI is InChI=1S/C24H25F3N6OS/c1-3-17-18(13-28)22(33-9-5-8-32(2)10-11-33)31-23(19(17)14-29)35-20(21(30)34)15-6-4-7-16(12-15)24(25,26)27/h4,6-7,12,20H,3,5,8-11H2,1-2H3,(H2,30,34). The molecule has 0 saturated carbocycles. The van der Waals surface area contributed by atoms with E-state index in [-0.39, 0.29) is 16.2 Å². The maximum Gasteiger partial charge on any atom is 0.416 e. The third-order valence-corrected chi connectivity index (χ3v) is 7.11. The van der Waals surface area contributed by atoms with Crippen molar-refractivity contribution in [2.24, 2.45) is 5.73 Å². The van der Waals surface area contributed by atoms with Gasteiger partial charge in [-0.25, -0.2) is 4.98 Å². The van der Waals surface area contributed by atoms with Crippen molar-refractivity contribution in [2.45, 2.75) is 36.2 Å². The third kappa shape index (κ3) is 5.87. The van der Waals surface area contributed by atoms with Gasteiger partial charge in [-0.1, -0.05) is 36.9 Å². The van der Waals surface area contributed by atoms with E-state index in [0.29, 0.717) is 36.5 Å². The zero-order valence-electron chi connectivity index (χ0n) is 19.4. The quantitative estimate of drug-likeness (QED) is 0.597. The molecule has 1 fully saturated rings. The van der Waals surface area contributed by atoms with Crippen LogP contribution in [-0.2, 0) is 17.4 Å². The van der Waals surface area contributed by atoms with E-state index in [4.69, 9.17) is 5.73 Å². The fourth-order valence-corrected chi connectivity index (χ4v) is 5.08. The van der Waals surface area contributed by atoms with E-state index in [1.165, 1.54) is 12.1 Å². The van der Waals surface area contributed by atoms with Crippen molar-refractivity contribution in [3.8, 4) is 12.1 Å². The number of anilines is 1. The number of nitriles is 2. The Balaban J connectivity index is 2.13. The minimum Gasteiger partial charge on any atom is -0.368 e. The number of hydrogen-bond acceptors (Lipinski definition) is 7. The van der Waals surface area contributed by atoms with Gasteiger partial charge in [0, 0.05) is 19.6 Å². The van der Waals surface area contributed by atoms with E-state index in [2.05, 4.69) is 22.0 Å². The predicted molar refractivity (Wildman–Crippen MR) is 127 cm³/mol. The Morgan fingerprint density at radius 3 is 2.51 bits per heavy atom. The first-order chi connectivity index (χ1) is 16.6. The van der Waals surface area contributed by atoms with E-state index in [1.54, 1.807) is 0 Å². The number of alkyl halides is 3. The average molecular weight is 503 g/mol. The number of nitrogens with two attached hydrogens (primary N) is 1. The number of carbonyl (C=O) groups excluding carboxylic acids is 1. The summed E-state index contributed by atoms with van der Waals surface area (Å²) in [6.07, 6.45) is -3.37. The summed E-state index contributed by atoms with van der Waals surface area (Å²) in [6.45, 7) is 4.72. The molecule has 1 aromatic heterocycles. The van der Waals surface area contributed by atoms with Gasteiger partial charge in [0.1, 0.15) is 28.2 Å². The summed E-state index contributed by atoms with van der Waals surface area (Å²) in [5, 5.41) is 18.8. The molecule has 11 heteroatoms. The van der Waals surface area contributed by atoms with E-state index < -0.39 is 22.9 Å². The van der Waals surface area contributed by atoms with Gasteiger partial charge in [0.2, 0.25) is 5.91 Å². The molecule has 0 radical (unpaired) electrons. The predicted octanol–water partition coefficient (Wildman–Crippen LogP) is 3.87. The maximum absolute atomic E-state index is 13.3. The zero-order valence-corrected chi connectivity index (χ0v) is 20.2. The number of rotatable bonds is 6. The second-order valence-electron chi connectivity index (χ2n) is 8.21. The lowest BCUT2D eigenvalue weighted by Gasteiger charge is -2.25. The molecule has 1 aliphatic rings. The molecule has 1 aromatic carbocycles. The first-order valence-electron chi connectivity index (χ1n) is 11.0. The minimum absolute atomic E-state index is 0.0587. The lowest BCUT2D eigenvalue weighted by Crippen LogP contribution is -2.30. The fraction of sp³-hybridized carbons (Fsp3) is 0.417. The van der Waals surface area contributed by atoms with E-state index in [0.717, 1.165) is 43.4 Å². The monoisotopic (exact) mass is 502 g/mol. The Kier molecular flexibility index (Phi) is 8.26. The highest BCUT2D eigenvalue weighted by atomic mass is 32.2. The van der Waals surface area contributed by atoms with Crippen LogP contribution >= 0.6 is 11.8 Å². The number of thioether (sulfide) groups is 1. The number of hydrogen-bond donors (Lipinski definition) is 1. The minimum atomic E-state index is -4.59. The van der Waals surface area contributed by atoms with Crippen molar-refractivity contribution in [1.29, 1.82) is 10.5 Å². The number of halogens is 3. The van der Waals surface area contributed by atoms with Crippen molar-refractivity contribution in [1.82, 2.24) is 9.88 Å². The molecular formula is C24H25F3N6OS.